The third-order valence-electron chi connectivity index (χ3n) is 4.42. The largest absolute Gasteiger partial charge is 0.371 e. The van der Waals surface area contributed by atoms with Crippen molar-refractivity contribution < 1.29 is 0 Å². The third kappa shape index (κ3) is 3.58. The highest BCUT2D eigenvalue weighted by atomic mass is 35.5. The summed E-state index contributed by atoms with van der Waals surface area (Å²) in [7, 11) is 2.18. The van der Waals surface area contributed by atoms with Gasteiger partial charge in [-0.2, -0.15) is 0 Å². The summed E-state index contributed by atoms with van der Waals surface area (Å²) in [6, 6.07) is 6.65. The van der Waals surface area contributed by atoms with E-state index in [1.165, 1.54) is 31.4 Å². The summed E-state index contributed by atoms with van der Waals surface area (Å²) >= 11 is 12.1. The van der Waals surface area contributed by atoms with Gasteiger partial charge in [-0.1, -0.05) is 25.4 Å². The van der Waals surface area contributed by atoms with Crippen molar-refractivity contribution in [3.8, 4) is 0 Å². The number of benzene rings is 1. The predicted molar refractivity (Wildman–Crippen MR) is 85.4 cm³/mol. The van der Waals surface area contributed by atoms with Crippen LogP contribution in [0.25, 0.3) is 0 Å². The van der Waals surface area contributed by atoms with Crippen LogP contribution in [-0.4, -0.2) is 13.1 Å². The molecule has 0 aromatic heterocycles. The van der Waals surface area contributed by atoms with Gasteiger partial charge in [0.2, 0.25) is 0 Å². The van der Waals surface area contributed by atoms with Crippen LogP contribution in [0.15, 0.2) is 18.2 Å². The van der Waals surface area contributed by atoms with E-state index in [-0.39, 0.29) is 0 Å². The van der Waals surface area contributed by atoms with Crippen LogP contribution in [-0.2, 0) is 5.88 Å². The van der Waals surface area contributed by atoms with Gasteiger partial charge in [-0.15, -0.1) is 11.6 Å². The Morgan fingerprint density at radius 1 is 1.26 bits per heavy atom. The van der Waals surface area contributed by atoms with Gasteiger partial charge in [-0.25, -0.2) is 0 Å². The minimum atomic E-state index is 0.507. The standard InChI is InChI=1S/C16H23Cl2N/c1-16(2)8-6-14(7-9-16)19(3)15-5-4-13(18)10-12(15)11-17/h4-5,10,14H,6-9,11H2,1-3H3. The van der Waals surface area contributed by atoms with Crippen LogP contribution in [0.4, 0.5) is 5.69 Å². The van der Waals surface area contributed by atoms with Gasteiger partial charge in [0, 0.05) is 29.7 Å². The van der Waals surface area contributed by atoms with Crippen molar-refractivity contribution in [2.75, 3.05) is 11.9 Å². The van der Waals surface area contributed by atoms with Crippen molar-refractivity contribution in [1.82, 2.24) is 0 Å². The first-order valence-electron chi connectivity index (χ1n) is 7.00. The van der Waals surface area contributed by atoms with Crippen molar-refractivity contribution in [2.45, 2.75) is 51.5 Å². The lowest BCUT2D eigenvalue weighted by molar-refractivity contribution is 0.222. The Morgan fingerprint density at radius 2 is 1.89 bits per heavy atom. The molecule has 0 heterocycles. The molecule has 0 spiro atoms. The molecule has 3 heteroatoms. The molecule has 0 atom stereocenters. The van der Waals surface area contributed by atoms with E-state index in [9.17, 15) is 0 Å². The number of halogens is 2. The zero-order valence-electron chi connectivity index (χ0n) is 12.0. The third-order valence-corrected chi connectivity index (χ3v) is 4.94. The zero-order chi connectivity index (χ0) is 14.0. The van der Waals surface area contributed by atoms with Gasteiger partial charge in [0.15, 0.2) is 0 Å². The summed E-state index contributed by atoms with van der Waals surface area (Å²) in [6.45, 7) is 4.74. The lowest BCUT2D eigenvalue weighted by atomic mass is 9.75. The molecule has 1 aromatic carbocycles. The van der Waals surface area contributed by atoms with Gasteiger partial charge < -0.3 is 4.90 Å². The molecule has 1 fully saturated rings. The second kappa shape index (κ2) is 5.93. The van der Waals surface area contributed by atoms with Crippen LogP contribution in [0, 0.1) is 5.41 Å². The van der Waals surface area contributed by atoms with Crippen molar-refractivity contribution in [3.05, 3.63) is 28.8 Å². The molecule has 0 bridgehead atoms. The minimum absolute atomic E-state index is 0.507. The average molecular weight is 300 g/mol. The van der Waals surface area contributed by atoms with Gasteiger partial charge in [0.05, 0.1) is 0 Å². The number of nitrogens with zero attached hydrogens (tertiary/aromatic N) is 1. The maximum atomic E-state index is 6.05. The van der Waals surface area contributed by atoms with E-state index in [1.54, 1.807) is 0 Å². The van der Waals surface area contributed by atoms with E-state index in [2.05, 4.69) is 31.9 Å². The zero-order valence-corrected chi connectivity index (χ0v) is 13.6. The van der Waals surface area contributed by atoms with Gasteiger partial charge >= 0.3 is 0 Å². The van der Waals surface area contributed by atoms with E-state index >= 15 is 0 Å². The normalized spacial score (nSPS) is 19.4. The highest BCUT2D eigenvalue weighted by Crippen LogP contribution is 2.38. The average Bonchev–Trinajstić information content (AvgIpc) is 2.37. The van der Waals surface area contributed by atoms with Crippen LogP contribution in [0.5, 0.6) is 0 Å². The molecule has 0 N–H and O–H groups in total. The molecule has 1 nitrogen and oxygen atoms in total. The molecule has 0 radical (unpaired) electrons. The van der Waals surface area contributed by atoms with E-state index in [0.717, 1.165) is 10.6 Å². The van der Waals surface area contributed by atoms with Crippen molar-refractivity contribution in [1.29, 1.82) is 0 Å². The van der Waals surface area contributed by atoms with Crippen LogP contribution in [0.1, 0.15) is 45.1 Å². The van der Waals surface area contributed by atoms with Crippen molar-refractivity contribution in [2.24, 2.45) is 5.41 Å². The first-order valence-corrected chi connectivity index (χ1v) is 7.91. The number of hydrogen-bond acceptors (Lipinski definition) is 1. The fourth-order valence-electron chi connectivity index (χ4n) is 2.97. The SMILES string of the molecule is CN(c1ccc(Cl)cc1CCl)C1CCC(C)(C)CC1. The Balaban J connectivity index is 2.14. The van der Waals surface area contributed by atoms with Crippen LogP contribution in [0.2, 0.25) is 5.02 Å². The molecule has 2 rings (SSSR count). The maximum absolute atomic E-state index is 6.05. The Bertz CT molecular complexity index is 432. The number of anilines is 1. The molecule has 0 unspecified atom stereocenters. The lowest BCUT2D eigenvalue weighted by Crippen LogP contribution is -2.37. The van der Waals surface area contributed by atoms with E-state index in [0.29, 0.717) is 17.3 Å². The predicted octanol–water partition coefficient (Wildman–Crippen LogP) is 5.48. The van der Waals surface area contributed by atoms with Gasteiger partial charge in [-0.05, 0) is 54.9 Å². The summed E-state index contributed by atoms with van der Waals surface area (Å²) in [5.41, 5.74) is 2.86. The molecule has 1 aromatic rings. The molecule has 1 saturated carbocycles. The Morgan fingerprint density at radius 3 is 2.47 bits per heavy atom. The molecular formula is C16H23Cl2N. The summed E-state index contributed by atoms with van der Waals surface area (Å²) in [6.07, 6.45) is 5.11. The Labute approximate surface area is 126 Å². The topological polar surface area (TPSA) is 3.24 Å². The summed E-state index contributed by atoms with van der Waals surface area (Å²) in [4.78, 5) is 2.39. The maximum Gasteiger partial charge on any atom is 0.0495 e. The first kappa shape index (κ1) is 15.0. The minimum Gasteiger partial charge on any atom is -0.371 e. The Kier molecular flexibility index (Phi) is 4.68. The van der Waals surface area contributed by atoms with E-state index < -0.39 is 0 Å². The van der Waals surface area contributed by atoms with Gasteiger partial charge in [0.1, 0.15) is 0 Å². The molecule has 1 aliphatic rings. The molecule has 0 aliphatic heterocycles. The highest BCUT2D eigenvalue weighted by Gasteiger charge is 2.29. The quantitative estimate of drug-likeness (QED) is 0.668. The fourth-order valence-corrected chi connectivity index (χ4v) is 3.38. The second-order valence-corrected chi connectivity index (χ2v) is 7.12. The summed E-state index contributed by atoms with van der Waals surface area (Å²) in [5.74, 6) is 0.512. The monoisotopic (exact) mass is 299 g/mol. The summed E-state index contributed by atoms with van der Waals surface area (Å²) < 4.78 is 0. The molecule has 106 valence electrons. The van der Waals surface area contributed by atoms with Crippen LogP contribution in [0.3, 0.4) is 0 Å². The highest BCUT2D eigenvalue weighted by molar-refractivity contribution is 6.30. The molecular weight excluding hydrogens is 277 g/mol. The van der Waals surface area contributed by atoms with Crippen molar-refractivity contribution in [3.63, 3.8) is 0 Å². The van der Waals surface area contributed by atoms with E-state index in [1.807, 2.05) is 12.1 Å². The molecule has 1 aliphatic carbocycles. The number of hydrogen-bond donors (Lipinski definition) is 0. The second-order valence-electron chi connectivity index (χ2n) is 6.41. The summed E-state index contributed by atoms with van der Waals surface area (Å²) in [5, 5.41) is 0.762. The van der Waals surface area contributed by atoms with Crippen LogP contribution >= 0.6 is 23.2 Å². The molecule has 0 saturated heterocycles. The van der Waals surface area contributed by atoms with E-state index in [4.69, 9.17) is 23.2 Å². The van der Waals surface area contributed by atoms with Crippen molar-refractivity contribution >= 4 is 28.9 Å². The lowest BCUT2D eigenvalue weighted by Gasteiger charge is -2.40. The smallest absolute Gasteiger partial charge is 0.0495 e. The van der Waals surface area contributed by atoms with Gasteiger partial charge in [-0.3, -0.25) is 0 Å². The first-order chi connectivity index (χ1) is 8.93. The number of alkyl halides is 1. The molecule has 19 heavy (non-hydrogen) atoms. The van der Waals surface area contributed by atoms with Crippen LogP contribution < -0.4 is 4.90 Å². The number of rotatable bonds is 3. The molecule has 0 amide bonds. The van der Waals surface area contributed by atoms with Gasteiger partial charge in [0.25, 0.3) is 0 Å². The fraction of sp³-hybridized carbons (Fsp3) is 0.625. The Hall–Kier alpha value is -0.400.